The van der Waals surface area contributed by atoms with Gasteiger partial charge in [0.25, 0.3) is 0 Å². The number of halogens is 1. The standard InChI is InChI=1S/C24H30FN5O/c1-19-27-15-17-30(19)16-7-6-13-28-24(26-2)29-14-12-20-10-11-23(22(25)18-20)31-21-8-4-3-5-9-21/h3-5,8-11,15,17-18H,6-7,12-14,16H2,1-2H3,(H2,26,28,29). The SMILES string of the molecule is CN=C(NCCCCn1ccnc1C)NCCc1ccc(Oc2ccccc2)c(F)c1. The molecule has 0 radical (unpaired) electrons. The Morgan fingerprint density at radius 2 is 1.90 bits per heavy atom. The van der Waals surface area contributed by atoms with Crippen molar-refractivity contribution in [3.8, 4) is 11.5 Å². The van der Waals surface area contributed by atoms with E-state index in [1.54, 1.807) is 25.2 Å². The van der Waals surface area contributed by atoms with Gasteiger partial charge in [0.05, 0.1) is 0 Å². The maximum atomic E-state index is 14.4. The molecule has 0 saturated carbocycles. The van der Waals surface area contributed by atoms with Crippen molar-refractivity contribution in [1.29, 1.82) is 0 Å². The van der Waals surface area contributed by atoms with Gasteiger partial charge in [-0.2, -0.15) is 0 Å². The average Bonchev–Trinajstić information content (AvgIpc) is 3.19. The van der Waals surface area contributed by atoms with E-state index in [-0.39, 0.29) is 11.6 Å². The van der Waals surface area contributed by atoms with E-state index in [9.17, 15) is 4.39 Å². The molecule has 31 heavy (non-hydrogen) atoms. The van der Waals surface area contributed by atoms with Crippen molar-refractivity contribution in [2.75, 3.05) is 20.1 Å². The summed E-state index contributed by atoms with van der Waals surface area (Å²) in [5, 5.41) is 6.59. The first kappa shape index (κ1) is 22.3. The molecule has 2 aromatic carbocycles. The summed E-state index contributed by atoms with van der Waals surface area (Å²) in [5.41, 5.74) is 0.900. The molecule has 0 amide bonds. The Kier molecular flexibility index (Phi) is 8.46. The summed E-state index contributed by atoms with van der Waals surface area (Å²) in [7, 11) is 1.75. The Morgan fingerprint density at radius 3 is 2.61 bits per heavy atom. The van der Waals surface area contributed by atoms with Crippen molar-refractivity contribution in [3.05, 3.63) is 78.1 Å². The minimum absolute atomic E-state index is 0.228. The molecular weight excluding hydrogens is 393 g/mol. The van der Waals surface area contributed by atoms with Crippen molar-refractivity contribution in [2.45, 2.75) is 32.7 Å². The topological polar surface area (TPSA) is 63.5 Å². The van der Waals surface area contributed by atoms with Crippen LogP contribution in [-0.2, 0) is 13.0 Å². The van der Waals surface area contributed by atoms with E-state index >= 15 is 0 Å². The van der Waals surface area contributed by atoms with Crippen LogP contribution >= 0.6 is 0 Å². The molecule has 1 aromatic heterocycles. The molecule has 7 heteroatoms. The van der Waals surface area contributed by atoms with Gasteiger partial charge in [-0.05, 0) is 56.0 Å². The highest BCUT2D eigenvalue weighted by Crippen LogP contribution is 2.24. The number of guanidine groups is 1. The van der Waals surface area contributed by atoms with Gasteiger partial charge in [-0.1, -0.05) is 24.3 Å². The number of nitrogens with one attached hydrogen (secondary N) is 2. The largest absolute Gasteiger partial charge is 0.454 e. The average molecular weight is 424 g/mol. The second kappa shape index (κ2) is 11.7. The zero-order chi connectivity index (χ0) is 21.9. The lowest BCUT2D eigenvalue weighted by Crippen LogP contribution is -2.38. The molecule has 0 saturated heterocycles. The molecule has 3 aromatic rings. The second-order valence-corrected chi connectivity index (χ2v) is 7.23. The van der Waals surface area contributed by atoms with Crippen LogP contribution in [0.25, 0.3) is 0 Å². The molecule has 6 nitrogen and oxygen atoms in total. The quantitative estimate of drug-likeness (QED) is 0.290. The van der Waals surface area contributed by atoms with Gasteiger partial charge in [-0.15, -0.1) is 0 Å². The predicted molar refractivity (Wildman–Crippen MR) is 122 cm³/mol. The summed E-state index contributed by atoms with van der Waals surface area (Å²) in [4.78, 5) is 8.48. The Morgan fingerprint density at radius 1 is 1.10 bits per heavy atom. The first-order chi connectivity index (χ1) is 15.2. The van der Waals surface area contributed by atoms with Gasteiger partial charge >= 0.3 is 0 Å². The molecule has 3 rings (SSSR count). The van der Waals surface area contributed by atoms with Crippen LogP contribution in [0.1, 0.15) is 24.2 Å². The van der Waals surface area contributed by atoms with E-state index in [4.69, 9.17) is 4.74 Å². The first-order valence-corrected chi connectivity index (χ1v) is 10.6. The van der Waals surface area contributed by atoms with Crippen LogP contribution < -0.4 is 15.4 Å². The number of aromatic nitrogens is 2. The van der Waals surface area contributed by atoms with Crippen LogP contribution in [0, 0.1) is 12.7 Å². The van der Waals surface area contributed by atoms with Crippen molar-refractivity contribution in [3.63, 3.8) is 0 Å². The number of rotatable bonds is 10. The summed E-state index contributed by atoms with van der Waals surface area (Å²) in [5.74, 6) is 2.28. The smallest absolute Gasteiger partial charge is 0.190 e. The lowest BCUT2D eigenvalue weighted by atomic mass is 10.1. The zero-order valence-electron chi connectivity index (χ0n) is 18.1. The van der Waals surface area contributed by atoms with Crippen molar-refractivity contribution < 1.29 is 9.13 Å². The van der Waals surface area contributed by atoms with Crippen molar-refractivity contribution >= 4 is 5.96 Å². The Balaban J connectivity index is 1.36. The van der Waals surface area contributed by atoms with E-state index in [1.807, 2.05) is 43.6 Å². The lowest BCUT2D eigenvalue weighted by molar-refractivity contribution is 0.441. The van der Waals surface area contributed by atoms with Gasteiger partial charge < -0.3 is 19.9 Å². The number of ether oxygens (including phenoxy) is 1. The summed E-state index contributed by atoms with van der Waals surface area (Å²) in [6.45, 7) is 4.48. The number of aliphatic imine (C=N–C) groups is 1. The molecule has 0 unspecified atom stereocenters. The Bertz CT molecular complexity index is 971. The molecule has 0 bridgehead atoms. The number of imidazole rings is 1. The number of nitrogens with zero attached hydrogens (tertiary/aromatic N) is 3. The minimum Gasteiger partial charge on any atom is -0.454 e. The van der Waals surface area contributed by atoms with E-state index in [2.05, 4.69) is 25.2 Å². The van der Waals surface area contributed by atoms with Gasteiger partial charge in [0.2, 0.25) is 0 Å². The third-order valence-corrected chi connectivity index (χ3v) is 4.94. The lowest BCUT2D eigenvalue weighted by Gasteiger charge is -2.13. The molecular formula is C24H30FN5O. The molecule has 1 heterocycles. The Labute approximate surface area is 183 Å². The van der Waals surface area contributed by atoms with Gasteiger partial charge in [-0.3, -0.25) is 4.99 Å². The summed E-state index contributed by atoms with van der Waals surface area (Å²) in [6, 6.07) is 14.3. The van der Waals surface area contributed by atoms with Crippen LogP contribution in [-0.4, -0.2) is 35.6 Å². The van der Waals surface area contributed by atoms with Crippen LogP contribution in [0.5, 0.6) is 11.5 Å². The third-order valence-electron chi connectivity index (χ3n) is 4.94. The molecule has 0 spiro atoms. The highest BCUT2D eigenvalue weighted by atomic mass is 19.1. The summed E-state index contributed by atoms with van der Waals surface area (Å²) < 4.78 is 22.1. The number of benzene rings is 2. The van der Waals surface area contributed by atoms with E-state index in [0.717, 1.165) is 43.3 Å². The molecule has 164 valence electrons. The highest BCUT2D eigenvalue weighted by Gasteiger charge is 2.07. The van der Waals surface area contributed by atoms with Crippen molar-refractivity contribution in [1.82, 2.24) is 20.2 Å². The van der Waals surface area contributed by atoms with E-state index in [1.165, 1.54) is 6.07 Å². The molecule has 0 atom stereocenters. The zero-order valence-corrected chi connectivity index (χ0v) is 18.1. The fourth-order valence-corrected chi connectivity index (χ4v) is 3.20. The van der Waals surface area contributed by atoms with Gasteiger partial charge in [-0.25, -0.2) is 9.37 Å². The normalized spacial score (nSPS) is 11.4. The Hall–Kier alpha value is -3.35. The molecule has 0 aliphatic carbocycles. The van der Waals surface area contributed by atoms with Gasteiger partial charge in [0.1, 0.15) is 11.6 Å². The fourth-order valence-electron chi connectivity index (χ4n) is 3.20. The second-order valence-electron chi connectivity index (χ2n) is 7.23. The number of hydrogen-bond acceptors (Lipinski definition) is 3. The molecule has 2 N–H and O–H groups in total. The summed E-state index contributed by atoms with van der Waals surface area (Å²) >= 11 is 0. The molecule has 0 aliphatic rings. The molecule has 0 aliphatic heterocycles. The van der Waals surface area contributed by atoms with Gasteiger partial charge in [0, 0.05) is 39.1 Å². The van der Waals surface area contributed by atoms with Crippen LogP contribution in [0.3, 0.4) is 0 Å². The van der Waals surface area contributed by atoms with Gasteiger partial charge in [0.15, 0.2) is 17.5 Å². The maximum absolute atomic E-state index is 14.4. The number of hydrogen-bond donors (Lipinski definition) is 2. The van der Waals surface area contributed by atoms with E-state index in [0.29, 0.717) is 18.7 Å². The maximum Gasteiger partial charge on any atom is 0.190 e. The highest BCUT2D eigenvalue weighted by molar-refractivity contribution is 5.79. The molecule has 0 fully saturated rings. The first-order valence-electron chi connectivity index (χ1n) is 10.6. The summed E-state index contributed by atoms with van der Waals surface area (Å²) in [6.07, 6.45) is 6.62. The fraction of sp³-hybridized carbons (Fsp3) is 0.333. The third kappa shape index (κ3) is 7.13. The van der Waals surface area contributed by atoms with Crippen LogP contribution in [0.4, 0.5) is 4.39 Å². The van der Waals surface area contributed by atoms with Crippen molar-refractivity contribution in [2.24, 2.45) is 4.99 Å². The van der Waals surface area contributed by atoms with E-state index < -0.39 is 0 Å². The number of para-hydroxylation sites is 1. The number of aryl methyl sites for hydroxylation is 2. The van der Waals surface area contributed by atoms with Crippen LogP contribution in [0.15, 0.2) is 65.9 Å². The van der Waals surface area contributed by atoms with Crippen LogP contribution in [0.2, 0.25) is 0 Å². The monoisotopic (exact) mass is 423 g/mol. The number of unbranched alkanes of at least 4 members (excludes halogenated alkanes) is 1. The predicted octanol–water partition coefficient (Wildman–Crippen LogP) is 4.31. The minimum atomic E-state index is -0.364.